The molecule has 2 aromatic rings. The number of carbonyl (C=O) groups is 1. The van der Waals surface area contributed by atoms with Crippen molar-refractivity contribution in [3.05, 3.63) is 52.5 Å². The Morgan fingerprint density at radius 3 is 2.84 bits per heavy atom. The molecule has 0 fully saturated rings. The Kier molecular flexibility index (Phi) is 4.11. The number of carbonyl (C=O) groups excluding carboxylic acids is 1. The minimum Gasteiger partial charge on any atom is -0.494 e. The summed E-state index contributed by atoms with van der Waals surface area (Å²) >= 11 is 3.23. The van der Waals surface area contributed by atoms with Gasteiger partial charge in [-0.2, -0.15) is 0 Å². The van der Waals surface area contributed by atoms with Gasteiger partial charge < -0.3 is 10.1 Å². The maximum Gasteiger partial charge on any atom is 0.275 e. The van der Waals surface area contributed by atoms with Gasteiger partial charge in [-0.05, 0) is 40.2 Å². The first-order chi connectivity index (χ1) is 9.11. The van der Waals surface area contributed by atoms with Crippen molar-refractivity contribution in [3.8, 4) is 5.75 Å². The number of anilines is 1. The highest BCUT2D eigenvalue weighted by molar-refractivity contribution is 9.10. The molecular weight excluding hydrogens is 315 g/mol. The fraction of sp³-hybridized carbons (Fsp3) is 0.0769. The summed E-state index contributed by atoms with van der Waals surface area (Å²) < 4.78 is 18.9. The zero-order chi connectivity index (χ0) is 13.8. The fourth-order valence-corrected chi connectivity index (χ4v) is 1.92. The van der Waals surface area contributed by atoms with Gasteiger partial charge in [0.05, 0.1) is 7.11 Å². The summed E-state index contributed by atoms with van der Waals surface area (Å²) in [5, 5.41) is 2.56. The third kappa shape index (κ3) is 3.08. The van der Waals surface area contributed by atoms with E-state index in [1.54, 1.807) is 18.2 Å². The average Bonchev–Trinajstić information content (AvgIpc) is 2.39. The van der Waals surface area contributed by atoms with Gasteiger partial charge in [0.1, 0.15) is 5.69 Å². The van der Waals surface area contributed by atoms with Gasteiger partial charge in [0.25, 0.3) is 5.91 Å². The Labute approximate surface area is 117 Å². The van der Waals surface area contributed by atoms with Gasteiger partial charge in [-0.25, -0.2) is 9.37 Å². The van der Waals surface area contributed by atoms with Crippen LogP contribution in [0.5, 0.6) is 5.75 Å². The minimum atomic E-state index is -0.541. The molecule has 0 aliphatic heterocycles. The summed E-state index contributed by atoms with van der Waals surface area (Å²) in [6.45, 7) is 0. The van der Waals surface area contributed by atoms with Gasteiger partial charge in [-0.1, -0.05) is 0 Å². The third-order valence-electron chi connectivity index (χ3n) is 2.38. The third-order valence-corrected chi connectivity index (χ3v) is 3.02. The molecule has 19 heavy (non-hydrogen) atoms. The lowest BCUT2D eigenvalue weighted by molar-refractivity contribution is 0.102. The molecule has 1 heterocycles. The number of nitrogens with zero attached hydrogens (tertiary/aromatic N) is 1. The molecule has 0 unspecified atom stereocenters. The van der Waals surface area contributed by atoms with Crippen molar-refractivity contribution in [2.45, 2.75) is 0 Å². The molecule has 4 nitrogen and oxygen atoms in total. The first-order valence-electron chi connectivity index (χ1n) is 5.37. The molecule has 98 valence electrons. The van der Waals surface area contributed by atoms with E-state index in [-0.39, 0.29) is 11.4 Å². The van der Waals surface area contributed by atoms with E-state index in [9.17, 15) is 9.18 Å². The van der Waals surface area contributed by atoms with E-state index in [4.69, 9.17) is 4.74 Å². The summed E-state index contributed by atoms with van der Waals surface area (Å²) in [5.74, 6) is -0.838. The second kappa shape index (κ2) is 5.79. The van der Waals surface area contributed by atoms with Crippen LogP contribution in [0.4, 0.5) is 10.1 Å². The van der Waals surface area contributed by atoms with Crippen LogP contribution >= 0.6 is 15.9 Å². The Hall–Kier alpha value is -1.95. The van der Waals surface area contributed by atoms with Crippen molar-refractivity contribution < 1.29 is 13.9 Å². The summed E-state index contributed by atoms with van der Waals surface area (Å²) in [4.78, 5) is 15.9. The minimum absolute atomic E-state index is 0.122. The Bertz CT molecular complexity index is 619. The van der Waals surface area contributed by atoms with Crippen LogP contribution in [0, 0.1) is 5.82 Å². The van der Waals surface area contributed by atoms with Crippen LogP contribution in [0.1, 0.15) is 10.5 Å². The largest absolute Gasteiger partial charge is 0.494 e. The van der Waals surface area contributed by atoms with E-state index >= 15 is 0 Å². The van der Waals surface area contributed by atoms with E-state index in [2.05, 4.69) is 26.2 Å². The number of amides is 1. The molecular formula is C13H10BrFN2O2. The highest BCUT2D eigenvalue weighted by Gasteiger charge is 2.12. The molecule has 2 rings (SSSR count). The number of rotatable bonds is 3. The van der Waals surface area contributed by atoms with Crippen LogP contribution in [0.25, 0.3) is 0 Å². The van der Waals surface area contributed by atoms with Crippen molar-refractivity contribution >= 4 is 27.5 Å². The number of hydrogen-bond acceptors (Lipinski definition) is 3. The lowest BCUT2D eigenvalue weighted by atomic mass is 10.2. The molecule has 6 heteroatoms. The summed E-state index contributed by atoms with van der Waals surface area (Å²) in [6.07, 6.45) is 1.51. The zero-order valence-corrected chi connectivity index (χ0v) is 11.6. The molecule has 0 aliphatic carbocycles. The lowest BCUT2D eigenvalue weighted by Gasteiger charge is -2.07. The van der Waals surface area contributed by atoms with Crippen LogP contribution < -0.4 is 10.1 Å². The van der Waals surface area contributed by atoms with Gasteiger partial charge in [0.2, 0.25) is 0 Å². The molecule has 0 bridgehead atoms. The van der Waals surface area contributed by atoms with Crippen molar-refractivity contribution in [2.75, 3.05) is 12.4 Å². The van der Waals surface area contributed by atoms with Crippen molar-refractivity contribution in [2.24, 2.45) is 0 Å². The number of ether oxygens (including phenoxy) is 1. The Morgan fingerprint density at radius 1 is 1.42 bits per heavy atom. The number of methoxy groups -OCH3 is 1. The number of hydrogen-bond donors (Lipinski definition) is 1. The van der Waals surface area contributed by atoms with Crippen LogP contribution in [0.2, 0.25) is 0 Å². The number of pyridine rings is 1. The smallest absolute Gasteiger partial charge is 0.275 e. The normalized spacial score (nSPS) is 10.1. The zero-order valence-electron chi connectivity index (χ0n) is 9.98. The molecule has 1 N–H and O–H groups in total. The maximum absolute atomic E-state index is 13.5. The van der Waals surface area contributed by atoms with Crippen molar-refractivity contribution in [1.82, 2.24) is 4.98 Å². The van der Waals surface area contributed by atoms with Crippen LogP contribution in [-0.2, 0) is 0 Å². The second-order valence-corrected chi connectivity index (χ2v) is 4.49. The first kappa shape index (κ1) is 13.5. The topological polar surface area (TPSA) is 51.2 Å². The molecule has 1 aromatic heterocycles. The molecule has 0 saturated heterocycles. The molecule has 1 aromatic carbocycles. The number of aromatic nitrogens is 1. The lowest BCUT2D eigenvalue weighted by Crippen LogP contribution is -2.14. The predicted molar refractivity (Wildman–Crippen MR) is 72.8 cm³/mol. The van der Waals surface area contributed by atoms with Gasteiger partial charge in [-0.3, -0.25) is 4.79 Å². The molecule has 0 aliphatic rings. The number of halogens is 2. The summed E-state index contributed by atoms with van der Waals surface area (Å²) in [7, 11) is 1.38. The highest BCUT2D eigenvalue weighted by Crippen LogP contribution is 2.21. The summed E-state index contributed by atoms with van der Waals surface area (Å²) in [6, 6.07) is 7.59. The van der Waals surface area contributed by atoms with Gasteiger partial charge in [0.15, 0.2) is 11.6 Å². The van der Waals surface area contributed by atoms with Crippen molar-refractivity contribution in [3.63, 3.8) is 0 Å². The average molecular weight is 325 g/mol. The molecule has 0 atom stereocenters. The first-order valence-corrected chi connectivity index (χ1v) is 6.16. The second-order valence-electron chi connectivity index (χ2n) is 3.64. The number of nitrogens with one attached hydrogen (secondary N) is 1. The van der Waals surface area contributed by atoms with E-state index in [0.29, 0.717) is 10.2 Å². The SMILES string of the molecule is COc1ccc(NC(=O)c2ncccc2Br)cc1F. The fourth-order valence-electron chi connectivity index (χ4n) is 1.49. The number of benzene rings is 1. The molecule has 0 saturated carbocycles. The molecule has 0 spiro atoms. The quantitative estimate of drug-likeness (QED) is 0.942. The van der Waals surface area contributed by atoms with E-state index in [1.165, 1.54) is 25.4 Å². The standard InChI is InChI=1S/C13H10BrFN2O2/c1-19-11-5-4-8(7-10(11)15)17-13(18)12-9(14)3-2-6-16-12/h2-7H,1H3,(H,17,18). The van der Waals surface area contributed by atoms with Gasteiger partial charge >= 0.3 is 0 Å². The van der Waals surface area contributed by atoms with E-state index in [1.807, 2.05) is 0 Å². The predicted octanol–water partition coefficient (Wildman–Crippen LogP) is 3.24. The Morgan fingerprint density at radius 2 is 2.21 bits per heavy atom. The highest BCUT2D eigenvalue weighted by atomic mass is 79.9. The van der Waals surface area contributed by atoms with Crippen LogP contribution in [-0.4, -0.2) is 18.0 Å². The monoisotopic (exact) mass is 324 g/mol. The molecule has 1 amide bonds. The van der Waals surface area contributed by atoms with E-state index < -0.39 is 11.7 Å². The van der Waals surface area contributed by atoms with Gasteiger partial charge in [0, 0.05) is 22.4 Å². The van der Waals surface area contributed by atoms with Crippen LogP contribution in [0.3, 0.4) is 0 Å². The van der Waals surface area contributed by atoms with Crippen LogP contribution in [0.15, 0.2) is 41.0 Å². The van der Waals surface area contributed by atoms with Crippen molar-refractivity contribution in [1.29, 1.82) is 0 Å². The maximum atomic E-state index is 13.5. The Balaban J connectivity index is 2.20. The van der Waals surface area contributed by atoms with Gasteiger partial charge in [-0.15, -0.1) is 0 Å². The molecule has 0 radical (unpaired) electrons. The van der Waals surface area contributed by atoms with E-state index in [0.717, 1.165) is 0 Å². The summed E-state index contributed by atoms with van der Waals surface area (Å²) in [5.41, 5.74) is 0.569.